The van der Waals surface area contributed by atoms with Crippen LogP contribution in [-0.2, 0) is 6.54 Å². The van der Waals surface area contributed by atoms with E-state index in [4.69, 9.17) is 10.5 Å². The van der Waals surface area contributed by atoms with Crippen LogP contribution >= 0.6 is 0 Å². The highest BCUT2D eigenvalue weighted by Gasteiger charge is 2.17. The van der Waals surface area contributed by atoms with Crippen molar-refractivity contribution in [1.29, 1.82) is 0 Å². The van der Waals surface area contributed by atoms with Gasteiger partial charge in [0.2, 0.25) is 0 Å². The van der Waals surface area contributed by atoms with Gasteiger partial charge in [-0.15, -0.1) is 5.10 Å². The average Bonchev–Trinajstić information content (AvgIpc) is 2.99. The van der Waals surface area contributed by atoms with Crippen molar-refractivity contribution in [2.75, 3.05) is 0 Å². The molecule has 0 spiro atoms. The molecule has 1 aromatic heterocycles. The number of benzene rings is 1. The summed E-state index contributed by atoms with van der Waals surface area (Å²) in [6.07, 6.45) is 6.70. The third-order valence-corrected chi connectivity index (χ3v) is 4.63. The molecule has 5 heteroatoms. The molecular formula is C18H26N4O. The topological polar surface area (TPSA) is 66.0 Å². The van der Waals surface area contributed by atoms with Crippen LogP contribution in [0.25, 0.3) is 0 Å². The number of nitrogens with two attached hydrogens (primary N) is 1. The monoisotopic (exact) mass is 314 g/mol. The second-order valence-corrected chi connectivity index (χ2v) is 6.38. The van der Waals surface area contributed by atoms with Gasteiger partial charge in [0.15, 0.2) is 5.82 Å². The van der Waals surface area contributed by atoms with E-state index in [0.717, 1.165) is 18.1 Å². The van der Waals surface area contributed by atoms with Gasteiger partial charge in [-0.3, -0.25) is 4.57 Å². The molecule has 1 saturated carbocycles. The van der Waals surface area contributed by atoms with Crippen LogP contribution in [0.3, 0.4) is 0 Å². The predicted molar refractivity (Wildman–Crippen MR) is 90.6 cm³/mol. The highest BCUT2D eigenvalue weighted by atomic mass is 16.5. The zero-order valence-electron chi connectivity index (χ0n) is 14.0. The maximum absolute atomic E-state index is 5.92. The van der Waals surface area contributed by atoms with Crippen LogP contribution in [0.4, 0.5) is 0 Å². The molecule has 3 rings (SSSR count). The fourth-order valence-electron chi connectivity index (χ4n) is 3.36. The molecule has 0 bridgehead atoms. The molecule has 1 atom stereocenters. The third-order valence-electron chi connectivity index (χ3n) is 4.63. The average molecular weight is 314 g/mol. The molecule has 23 heavy (non-hydrogen) atoms. The first-order valence-electron chi connectivity index (χ1n) is 8.65. The van der Waals surface area contributed by atoms with Gasteiger partial charge in [0.05, 0.1) is 6.04 Å². The van der Waals surface area contributed by atoms with Crippen LogP contribution < -0.4 is 10.5 Å². The summed E-state index contributed by atoms with van der Waals surface area (Å²) in [5.41, 5.74) is 7.34. The third kappa shape index (κ3) is 3.55. The molecule has 0 radical (unpaired) electrons. The van der Waals surface area contributed by atoms with Crippen molar-refractivity contribution in [3.63, 3.8) is 0 Å². The largest absolute Gasteiger partial charge is 0.424 e. The first-order valence-corrected chi connectivity index (χ1v) is 8.65. The molecule has 5 nitrogen and oxygen atoms in total. The number of aromatic nitrogens is 3. The maximum atomic E-state index is 5.92. The van der Waals surface area contributed by atoms with Gasteiger partial charge in [0, 0.05) is 6.54 Å². The molecule has 0 unspecified atom stereocenters. The summed E-state index contributed by atoms with van der Waals surface area (Å²) in [7, 11) is 0. The highest BCUT2D eigenvalue weighted by Crippen LogP contribution is 2.33. The number of nitrogens with zero attached hydrogens (tertiary/aromatic N) is 3. The van der Waals surface area contributed by atoms with E-state index in [-0.39, 0.29) is 6.04 Å². The van der Waals surface area contributed by atoms with Crippen molar-refractivity contribution in [3.8, 4) is 11.8 Å². The van der Waals surface area contributed by atoms with Crippen molar-refractivity contribution < 1.29 is 4.74 Å². The van der Waals surface area contributed by atoms with Crippen LogP contribution in [0.2, 0.25) is 0 Å². The number of ether oxygens (including phenoxy) is 1. The van der Waals surface area contributed by atoms with Gasteiger partial charge in [-0.05, 0) is 50.3 Å². The summed E-state index contributed by atoms with van der Waals surface area (Å²) >= 11 is 0. The first kappa shape index (κ1) is 16.0. The molecule has 1 aliphatic rings. The van der Waals surface area contributed by atoms with Gasteiger partial charge in [0.1, 0.15) is 5.75 Å². The van der Waals surface area contributed by atoms with E-state index in [0.29, 0.717) is 11.9 Å². The summed E-state index contributed by atoms with van der Waals surface area (Å²) in [4.78, 5) is 0. The second kappa shape index (κ2) is 7.13. The lowest BCUT2D eigenvalue weighted by Gasteiger charge is -2.22. The molecule has 0 saturated heterocycles. The van der Waals surface area contributed by atoms with Gasteiger partial charge in [-0.25, -0.2) is 0 Å². The van der Waals surface area contributed by atoms with Gasteiger partial charge in [-0.2, -0.15) is 0 Å². The molecule has 124 valence electrons. The van der Waals surface area contributed by atoms with Crippen molar-refractivity contribution >= 4 is 0 Å². The number of hydrogen-bond acceptors (Lipinski definition) is 4. The maximum Gasteiger partial charge on any atom is 0.322 e. The Morgan fingerprint density at radius 3 is 2.48 bits per heavy atom. The molecule has 2 N–H and O–H groups in total. The van der Waals surface area contributed by atoms with Gasteiger partial charge in [0.25, 0.3) is 0 Å². The van der Waals surface area contributed by atoms with E-state index in [1.165, 1.54) is 37.7 Å². The minimum absolute atomic E-state index is 0.159. The van der Waals surface area contributed by atoms with Crippen LogP contribution in [-0.4, -0.2) is 14.8 Å². The molecular weight excluding hydrogens is 288 g/mol. The van der Waals surface area contributed by atoms with Gasteiger partial charge < -0.3 is 10.5 Å². The summed E-state index contributed by atoms with van der Waals surface area (Å²) in [6.45, 7) is 4.67. The summed E-state index contributed by atoms with van der Waals surface area (Å²) in [5.74, 6) is 2.26. The molecule has 1 aliphatic carbocycles. The fourth-order valence-corrected chi connectivity index (χ4v) is 3.36. The Morgan fingerprint density at radius 1 is 1.17 bits per heavy atom. The van der Waals surface area contributed by atoms with E-state index in [1.54, 1.807) is 0 Å². The Hall–Kier alpha value is -1.88. The molecule has 0 aliphatic heterocycles. The number of hydrogen-bond donors (Lipinski definition) is 1. The lowest BCUT2D eigenvalue weighted by molar-refractivity contribution is 0.408. The highest BCUT2D eigenvalue weighted by molar-refractivity contribution is 5.31. The van der Waals surface area contributed by atoms with Crippen molar-refractivity contribution in [1.82, 2.24) is 14.8 Å². The lowest BCUT2D eigenvalue weighted by atomic mass is 9.84. The Morgan fingerprint density at radius 2 is 1.87 bits per heavy atom. The fraction of sp³-hybridized carbons (Fsp3) is 0.556. The first-order chi connectivity index (χ1) is 11.2. The predicted octanol–water partition coefficient (Wildman–Crippen LogP) is 4.16. The standard InChI is InChI=1S/C18H26N4O/c1-3-22-17(13(2)19)20-21-18(22)23-16-11-9-15(10-12-16)14-7-5-4-6-8-14/h9-14H,3-8,19H2,1-2H3/t13-/m1/s1. The Labute approximate surface area is 137 Å². The van der Waals surface area contributed by atoms with Crippen LogP contribution in [0.15, 0.2) is 24.3 Å². The Bertz CT molecular complexity index is 627. The number of rotatable bonds is 5. The minimum atomic E-state index is -0.159. The summed E-state index contributed by atoms with van der Waals surface area (Å²) in [6, 6.07) is 8.78. The smallest absolute Gasteiger partial charge is 0.322 e. The molecule has 1 fully saturated rings. The van der Waals surface area contributed by atoms with Crippen LogP contribution in [0.1, 0.15) is 69.3 Å². The zero-order valence-corrected chi connectivity index (χ0v) is 14.0. The lowest BCUT2D eigenvalue weighted by Crippen LogP contribution is -2.13. The van der Waals surface area contributed by atoms with Crippen molar-refractivity contribution in [2.24, 2.45) is 5.73 Å². The second-order valence-electron chi connectivity index (χ2n) is 6.38. The van der Waals surface area contributed by atoms with E-state index < -0.39 is 0 Å². The van der Waals surface area contributed by atoms with Gasteiger partial charge >= 0.3 is 6.01 Å². The molecule has 1 heterocycles. The SMILES string of the molecule is CCn1c(Oc2ccc(C3CCCCC3)cc2)nnc1[C@@H](C)N. The van der Waals surface area contributed by atoms with Crippen LogP contribution in [0.5, 0.6) is 11.8 Å². The normalized spacial score (nSPS) is 17.2. The zero-order chi connectivity index (χ0) is 16.2. The summed E-state index contributed by atoms with van der Waals surface area (Å²) in [5, 5.41) is 8.26. The van der Waals surface area contributed by atoms with Gasteiger partial charge in [-0.1, -0.05) is 36.5 Å². The van der Waals surface area contributed by atoms with E-state index in [2.05, 4.69) is 22.3 Å². The minimum Gasteiger partial charge on any atom is -0.424 e. The summed E-state index contributed by atoms with van der Waals surface area (Å²) < 4.78 is 7.82. The molecule has 0 amide bonds. The van der Waals surface area contributed by atoms with E-state index in [9.17, 15) is 0 Å². The molecule has 1 aromatic carbocycles. The molecule has 2 aromatic rings. The Balaban J connectivity index is 1.73. The van der Waals surface area contributed by atoms with E-state index >= 15 is 0 Å². The Kier molecular flexibility index (Phi) is 4.96. The van der Waals surface area contributed by atoms with Crippen molar-refractivity contribution in [3.05, 3.63) is 35.7 Å². The van der Waals surface area contributed by atoms with E-state index in [1.807, 2.05) is 30.5 Å². The quantitative estimate of drug-likeness (QED) is 0.900. The van der Waals surface area contributed by atoms with Crippen molar-refractivity contribution in [2.45, 2.75) is 64.5 Å². The van der Waals surface area contributed by atoms with Crippen LogP contribution in [0, 0.1) is 0 Å².